The van der Waals surface area contributed by atoms with Crippen LogP contribution in [0.25, 0.3) is 20.7 Å². The third-order valence-corrected chi connectivity index (χ3v) is 3.91. The molecule has 0 fully saturated rings. The van der Waals surface area contributed by atoms with Gasteiger partial charge in [0.15, 0.2) is 0 Å². The van der Waals surface area contributed by atoms with Crippen molar-refractivity contribution in [3.05, 3.63) is 54.2 Å². The van der Waals surface area contributed by atoms with E-state index in [-0.39, 0.29) is 0 Å². The fourth-order valence-electron chi connectivity index (χ4n) is 1.82. The minimum atomic E-state index is -4.34. The number of nitrogens with zero attached hydrogens (tertiary/aromatic N) is 1. The first-order chi connectivity index (χ1) is 9.04. The number of fused-ring (bicyclic) bond motifs is 1. The molecule has 0 N–H and O–H groups in total. The topological polar surface area (TPSA) is 12.9 Å². The summed E-state index contributed by atoms with van der Waals surface area (Å²) < 4.78 is 38.5. The molecule has 0 saturated heterocycles. The van der Waals surface area contributed by atoms with Gasteiger partial charge in [-0.1, -0.05) is 18.2 Å². The summed E-state index contributed by atoms with van der Waals surface area (Å²) in [6, 6.07) is 12.2. The summed E-state index contributed by atoms with van der Waals surface area (Å²) in [4.78, 5) is 4.77. The molecule has 5 heteroatoms. The molecule has 3 aromatic rings. The maximum atomic E-state index is 12.5. The van der Waals surface area contributed by atoms with Gasteiger partial charge >= 0.3 is 6.18 Å². The zero-order chi connectivity index (χ0) is 13.5. The Balaban J connectivity index is 2.02. The van der Waals surface area contributed by atoms with Crippen LogP contribution in [0.3, 0.4) is 0 Å². The molecule has 0 aliphatic carbocycles. The number of aromatic nitrogens is 1. The van der Waals surface area contributed by atoms with E-state index in [1.165, 1.54) is 17.4 Å². The molecular formula is C14H8F3NS. The standard InChI is InChI=1S/C14H8F3NS/c15-14(16,17)10-5-6-11(18-8-10)13-7-9-3-1-2-4-12(9)19-13/h1-8H. The van der Waals surface area contributed by atoms with Crippen LogP contribution in [0.15, 0.2) is 48.7 Å². The largest absolute Gasteiger partial charge is 0.417 e. The van der Waals surface area contributed by atoms with E-state index in [0.29, 0.717) is 5.69 Å². The van der Waals surface area contributed by atoms with Crippen molar-refractivity contribution in [2.24, 2.45) is 0 Å². The predicted molar refractivity (Wildman–Crippen MR) is 70.1 cm³/mol. The third kappa shape index (κ3) is 2.33. The Morgan fingerprint density at radius 2 is 1.79 bits per heavy atom. The summed E-state index contributed by atoms with van der Waals surface area (Å²) in [6.45, 7) is 0. The molecule has 0 radical (unpaired) electrons. The van der Waals surface area contributed by atoms with Gasteiger partial charge < -0.3 is 0 Å². The zero-order valence-electron chi connectivity index (χ0n) is 9.61. The Hall–Kier alpha value is -1.88. The van der Waals surface area contributed by atoms with Gasteiger partial charge in [0.25, 0.3) is 0 Å². The molecule has 0 unspecified atom stereocenters. The summed E-state index contributed by atoms with van der Waals surface area (Å²) in [5.74, 6) is 0. The lowest BCUT2D eigenvalue weighted by Gasteiger charge is -2.05. The van der Waals surface area contributed by atoms with Gasteiger partial charge in [0.2, 0.25) is 0 Å². The second-order valence-electron chi connectivity index (χ2n) is 4.08. The van der Waals surface area contributed by atoms with Gasteiger partial charge in [-0.3, -0.25) is 4.98 Å². The Bertz CT molecular complexity index is 680. The first-order valence-corrected chi connectivity index (χ1v) is 6.38. The number of hydrogen-bond donors (Lipinski definition) is 0. The van der Waals surface area contributed by atoms with Crippen LogP contribution >= 0.6 is 11.3 Å². The van der Waals surface area contributed by atoms with Crippen molar-refractivity contribution in [1.82, 2.24) is 4.98 Å². The summed E-state index contributed by atoms with van der Waals surface area (Å²) in [5.41, 5.74) is -0.161. The van der Waals surface area contributed by atoms with Crippen LogP contribution in [-0.4, -0.2) is 4.98 Å². The Labute approximate surface area is 111 Å². The fraction of sp³-hybridized carbons (Fsp3) is 0.0714. The molecule has 3 rings (SSSR count). The van der Waals surface area contributed by atoms with E-state index in [4.69, 9.17) is 0 Å². The summed E-state index contributed by atoms with van der Waals surface area (Å²) in [6.07, 6.45) is -3.47. The molecule has 0 aliphatic rings. The molecule has 2 aromatic heterocycles. The van der Waals surface area contributed by atoms with Crippen molar-refractivity contribution in [3.63, 3.8) is 0 Å². The second-order valence-corrected chi connectivity index (χ2v) is 5.16. The molecule has 1 aromatic carbocycles. The molecule has 0 aliphatic heterocycles. The van der Waals surface area contributed by atoms with E-state index in [2.05, 4.69) is 4.98 Å². The number of thiophene rings is 1. The lowest BCUT2D eigenvalue weighted by molar-refractivity contribution is -0.137. The fourth-order valence-corrected chi connectivity index (χ4v) is 2.85. The van der Waals surface area contributed by atoms with Crippen molar-refractivity contribution in [1.29, 1.82) is 0 Å². The average Bonchev–Trinajstić information content (AvgIpc) is 2.81. The van der Waals surface area contributed by atoms with Crippen molar-refractivity contribution < 1.29 is 13.2 Å². The lowest BCUT2D eigenvalue weighted by Crippen LogP contribution is -2.04. The van der Waals surface area contributed by atoms with Gasteiger partial charge in [-0.25, -0.2) is 0 Å². The molecular weight excluding hydrogens is 271 g/mol. The van der Waals surface area contributed by atoms with Crippen molar-refractivity contribution in [3.8, 4) is 10.6 Å². The Morgan fingerprint density at radius 1 is 1.00 bits per heavy atom. The summed E-state index contributed by atoms with van der Waals surface area (Å²) in [7, 11) is 0. The highest BCUT2D eigenvalue weighted by Crippen LogP contribution is 2.34. The minimum Gasteiger partial charge on any atom is -0.255 e. The molecule has 96 valence electrons. The predicted octanol–water partition coefficient (Wildman–Crippen LogP) is 4.98. The van der Waals surface area contributed by atoms with Crippen molar-refractivity contribution >= 4 is 21.4 Å². The Morgan fingerprint density at radius 3 is 2.42 bits per heavy atom. The molecule has 0 atom stereocenters. The van der Waals surface area contributed by atoms with Crippen molar-refractivity contribution in [2.45, 2.75) is 6.18 Å². The lowest BCUT2D eigenvalue weighted by atomic mass is 10.2. The normalized spacial score (nSPS) is 11.9. The molecule has 2 heterocycles. The summed E-state index contributed by atoms with van der Waals surface area (Å²) in [5, 5.41) is 1.07. The molecule has 1 nitrogen and oxygen atoms in total. The monoisotopic (exact) mass is 279 g/mol. The first-order valence-electron chi connectivity index (χ1n) is 5.56. The third-order valence-electron chi connectivity index (χ3n) is 2.77. The maximum absolute atomic E-state index is 12.5. The number of halogens is 3. The number of benzene rings is 1. The van der Waals surface area contributed by atoms with Crippen LogP contribution in [-0.2, 0) is 6.18 Å². The van der Waals surface area contributed by atoms with E-state index in [9.17, 15) is 13.2 Å². The molecule has 19 heavy (non-hydrogen) atoms. The number of hydrogen-bond acceptors (Lipinski definition) is 2. The summed E-state index contributed by atoms with van der Waals surface area (Å²) >= 11 is 1.52. The first kappa shape index (κ1) is 12.2. The highest BCUT2D eigenvalue weighted by Gasteiger charge is 2.30. The van der Waals surface area contributed by atoms with Crippen LogP contribution in [0, 0.1) is 0 Å². The quantitative estimate of drug-likeness (QED) is 0.612. The van der Waals surface area contributed by atoms with Gasteiger partial charge in [-0.15, -0.1) is 11.3 Å². The van der Waals surface area contributed by atoms with Crippen LogP contribution in [0.2, 0.25) is 0 Å². The molecule has 0 saturated carbocycles. The number of pyridine rings is 1. The second kappa shape index (κ2) is 4.35. The van der Waals surface area contributed by atoms with Gasteiger partial charge in [-0.2, -0.15) is 13.2 Å². The highest BCUT2D eigenvalue weighted by molar-refractivity contribution is 7.22. The van der Waals surface area contributed by atoms with E-state index in [0.717, 1.165) is 27.2 Å². The number of alkyl halides is 3. The van der Waals surface area contributed by atoms with Gasteiger partial charge in [-0.05, 0) is 29.7 Å². The smallest absolute Gasteiger partial charge is 0.255 e. The molecule has 0 amide bonds. The van der Waals surface area contributed by atoms with E-state index in [1.54, 1.807) is 0 Å². The van der Waals surface area contributed by atoms with E-state index in [1.807, 2.05) is 30.3 Å². The maximum Gasteiger partial charge on any atom is 0.417 e. The molecule has 0 spiro atoms. The SMILES string of the molecule is FC(F)(F)c1ccc(-c2cc3ccccc3s2)nc1. The average molecular weight is 279 g/mol. The van der Waals surface area contributed by atoms with Gasteiger partial charge in [0.1, 0.15) is 0 Å². The zero-order valence-corrected chi connectivity index (χ0v) is 10.4. The van der Waals surface area contributed by atoms with E-state index < -0.39 is 11.7 Å². The van der Waals surface area contributed by atoms with Crippen LogP contribution in [0.1, 0.15) is 5.56 Å². The van der Waals surface area contributed by atoms with Crippen LogP contribution in [0.4, 0.5) is 13.2 Å². The molecule has 0 bridgehead atoms. The minimum absolute atomic E-state index is 0.564. The highest BCUT2D eigenvalue weighted by atomic mass is 32.1. The van der Waals surface area contributed by atoms with Gasteiger partial charge in [0, 0.05) is 10.9 Å². The van der Waals surface area contributed by atoms with E-state index >= 15 is 0 Å². The van der Waals surface area contributed by atoms with Crippen molar-refractivity contribution in [2.75, 3.05) is 0 Å². The van der Waals surface area contributed by atoms with Gasteiger partial charge in [0.05, 0.1) is 16.1 Å². The number of rotatable bonds is 1. The Kier molecular flexibility index (Phi) is 2.78. The van der Waals surface area contributed by atoms with Crippen LogP contribution < -0.4 is 0 Å². The van der Waals surface area contributed by atoms with Crippen LogP contribution in [0.5, 0.6) is 0 Å².